The second-order valence-corrected chi connectivity index (χ2v) is 4.62. The molecule has 108 valence electrons. The minimum Gasteiger partial charge on any atom is -0.375 e. The number of hydrogen-bond acceptors (Lipinski definition) is 3. The summed E-state index contributed by atoms with van der Waals surface area (Å²) in [6.45, 7) is 1.90. The highest BCUT2D eigenvalue weighted by atomic mass is 19.1. The average molecular weight is 280 g/mol. The molecule has 1 aliphatic rings. The van der Waals surface area contributed by atoms with Crippen LogP contribution >= 0.6 is 0 Å². The molecule has 1 aliphatic heterocycles. The number of halogens is 1. The number of carbonyl (C=O) groups is 2. The molecule has 0 saturated carbocycles. The summed E-state index contributed by atoms with van der Waals surface area (Å²) in [6.07, 6.45) is 0. The molecule has 5 nitrogen and oxygen atoms in total. The van der Waals surface area contributed by atoms with Crippen LogP contribution in [0.25, 0.3) is 0 Å². The van der Waals surface area contributed by atoms with Crippen molar-refractivity contribution in [3.05, 3.63) is 35.6 Å². The van der Waals surface area contributed by atoms with Crippen LogP contribution in [0.5, 0.6) is 0 Å². The third kappa shape index (κ3) is 3.33. The molecule has 0 bridgehead atoms. The number of amides is 2. The van der Waals surface area contributed by atoms with Gasteiger partial charge in [0.25, 0.3) is 5.91 Å². The van der Waals surface area contributed by atoms with Crippen molar-refractivity contribution in [2.45, 2.75) is 0 Å². The fourth-order valence-corrected chi connectivity index (χ4v) is 2.18. The summed E-state index contributed by atoms with van der Waals surface area (Å²) in [7, 11) is 1.47. The Balaban J connectivity index is 1.93. The van der Waals surface area contributed by atoms with E-state index in [1.54, 1.807) is 15.9 Å². The van der Waals surface area contributed by atoms with Crippen LogP contribution in [0.1, 0.15) is 10.4 Å². The Hall–Kier alpha value is -1.95. The summed E-state index contributed by atoms with van der Waals surface area (Å²) in [5.41, 5.74) is 0.335. The molecule has 0 N–H and O–H groups in total. The summed E-state index contributed by atoms with van der Waals surface area (Å²) < 4.78 is 17.9. The van der Waals surface area contributed by atoms with E-state index in [-0.39, 0.29) is 18.4 Å². The quantitative estimate of drug-likeness (QED) is 0.821. The van der Waals surface area contributed by atoms with Gasteiger partial charge < -0.3 is 14.5 Å². The topological polar surface area (TPSA) is 49.9 Å². The van der Waals surface area contributed by atoms with Gasteiger partial charge in [0.1, 0.15) is 12.4 Å². The van der Waals surface area contributed by atoms with Gasteiger partial charge in [-0.05, 0) is 18.2 Å². The molecule has 1 aromatic carbocycles. The fraction of sp³-hybridized carbons (Fsp3) is 0.429. The van der Waals surface area contributed by atoms with E-state index < -0.39 is 5.82 Å². The molecular weight excluding hydrogens is 263 g/mol. The minimum atomic E-state index is -0.426. The zero-order valence-corrected chi connectivity index (χ0v) is 11.3. The lowest BCUT2D eigenvalue weighted by Gasteiger charge is -2.34. The summed E-state index contributed by atoms with van der Waals surface area (Å²) in [4.78, 5) is 27.1. The van der Waals surface area contributed by atoms with Crippen LogP contribution in [0, 0.1) is 5.82 Å². The molecule has 20 heavy (non-hydrogen) atoms. The number of hydrogen-bond donors (Lipinski definition) is 0. The second-order valence-electron chi connectivity index (χ2n) is 4.62. The van der Waals surface area contributed by atoms with Crippen molar-refractivity contribution in [1.82, 2.24) is 9.80 Å². The van der Waals surface area contributed by atoms with Gasteiger partial charge in [-0.3, -0.25) is 9.59 Å². The third-order valence-corrected chi connectivity index (χ3v) is 3.26. The van der Waals surface area contributed by atoms with Gasteiger partial charge in [-0.15, -0.1) is 0 Å². The van der Waals surface area contributed by atoms with Gasteiger partial charge in [0, 0.05) is 38.9 Å². The van der Waals surface area contributed by atoms with E-state index in [9.17, 15) is 14.0 Å². The van der Waals surface area contributed by atoms with Crippen molar-refractivity contribution in [2.24, 2.45) is 0 Å². The van der Waals surface area contributed by atoms with Gasteiger partial charge in [-0.2, -0.15) is 0 Å². The molecule has 2 rings (SSSR count). The van der Waals surface area contributed by atoms with Crippen molar-refractivity contribution in [1.29, 1.82) is 0 Å². The smallest absolute Gasteiger partial charge is 0.254 e. The van der Waals surface area contributed by atoms with Gasteiger partial charge in [-0.25, -0.2) is 4.39 Å². The fourth-order valence-electron chi connectivity index (χ4n) is 2.18. The van der Waals surface area contributed by atoms with Gasteiger partial charge in [0.2, 0.25) is 5.91 Å². The molecule has 1 aromatic rings. The molecular formula is C14H17FN2O3. The highest BCUT2D eigenvalue weighted by Gasteiger charge is 2.24. The molecule has 1 heterocycles. The first-order valence-corrected chi connectivity index (χ1v) is 6.43. The van der Waals surface area contributed by atoms with Crippen molar-refractivity contribution in [3.63, 3.8) is 0 Å². The summed E-state index contributed by atoms with van der Waals surface area (Å²) in [6, 6.07) is 5.64. The Morgan fingerprint density at radius 1 is 1.20 bits per heavy atom. The molecule has 2 amide bonds. The van der Waals surface area contributed by atoms with E-state index in [1.165, 1.54) is 25.3 Å². The van der Waals surface area contributed by atoms with E-state index >= 15 is 0 Å². The van der Waals surface area contributed by atoms with Gasteiger partial charge >= 0.3 is 0 Å². The second kappa shape index (κ2) is 6.47. The summed E-state index contributed by atoms with van der Waals surface area (Å²) >= 11 is 0. The van der Waals surface area contributed by atoms with Crippen molar-refractivity contribution >= 4 is 11.8 Å². The van der Waals surface area contributed by atoms with E-state index in [0.29, 0.717) is 31.7 Å². The monoisotopic (exact) mass is 280 g/mol. The number of methoxy groups -OCH3 is 1. The first kappa shape index (κ1) is 14.5. The lowest BCUT2D eigenvalue weighted by Crippen LogP contribution is -2.51. The average Bonchev–Trinajstić information content (AvgIpc) is 2.47. The maximum Gasteiger partial charge on any atom is 0.254 e. The van der Waals surface area contributed by atoms with Crippen molar-refractivity contribution in [2.75, 3.05) is 39.9 Å². The highest BCUT2D eigenvalue weighted by molar-refractivity contribution is 5.94. The standard InChI is InChI=1S/C14H17FN2O3/c1-20-10-13(18)16-5-7-17(8-6-16)14(19)11-3-2-4-12(15)9-11/h2-4,9H,5-8,10H2,1H3. The molecule has 6 heteroatoms. The lowest BCUT2D eigenvalue weighted by molar-refractivity contribution is -0.136. The first-order chi connectivity index (χ1) is 9.61. The number of benzene rings is 1. The van der Waals surface area contributed by atoms with Crippen LogP contribution in [-0.4, -0.2) is 61.5 Å². The predicted octanol–water partition coefficient (Wildman–Crippen LogP) is 0.756. The Labute approximate surface area is 116 Å². The molecule has 0 radical (unpaired) electrons. The Kier molecular flexibility index (Phi) is 4.68. The van der Waals surface area contributed by atoms with Crippen LogP contribution in [0.3, 0.4) is 0 Å². The maximum absolute atomic E-state index is 13.1. The van der Waals surface area contributed by atoms with E-state index in [4.69, 9.17) is 4.74 Å². The normalized spacial score (nSPS) is 15.3. The SMILES string of the molecule is COCC(=O)N1CCN(C(=O)c2cccc(F)c2)CC1. The van der Waals surface area contributed by atoms with Crippen molar-refractivity contribution in [3.8, 4) is 0 Å². The van der Waals surface area contributed by atoms with Crippen LogP contribution < -0.4 is 0 Å². The lowest BCUT2D eigenvalue weighted by atomic mass is 10.1. The number of ether oxygens (including phenoxy) is 1. The zero-order chi connectivity index (χ0) is 14.5. The highest BCUT2D eigenvalue weighted by Crippen LogP contribution is 2.10. The maximum atomic E-state index is 13.1. The minimum absolute atomic E-state index is 0.0534. The predicted molar refractivity (Wildman–Crippen MR) is 70.8 cm³/mol. The van der Waals surface area contributed by atoms with Crippen LogP contribution in [-0.2, 0) is 9.53 Å². The van der Waals surface area contributed by atoms with Crippen molar-refractivity contribution < 1.29 is 18.7 Å². The third-order valence-electron chi connectivity index (χ3n) is 3.26. The van der Waals surface area contributed by atoms with Gasteiger partial charge in [0.15, 0.2) is 0 Å². The molecule has 0 unspecified atom stereocenters. The van der Waals surface area contributed by atoms with Gasteiger partial charge in [0.05, 0.1) is 0 Å². The first-order valence-electron chi connectivity index (χ1n) is 6.43. The largest absolute Gasteiger partial charge is 0.375 e. The van der Waals surface area contributed by atoms with Crippen LogP contribution in [0.4, 0.5) is 4.39 Å². The summed E-state index contributed by atoms with van der Waals surface area (Å²) in [5, 5.41) is 0. The number of piperazine rings is 1. The molecule has 1 fully saturated rings. The van der Waals surface area contributed by atoms with Crippen LogP contribution in [0.15, 0.2) is 24.3 Å². The number of carbonyl (C=O) groups excluding carboxylic acids is 2. The Morgan fingerprint density at radius 3 is 2.45 bits per heavy atom. The molecule has 0 spiro atoms. The molecule has 0 aliphatic carbocycles. The Morgan fingerprint density at radius 2 is 1.85 bits per heavy atom. The molecule has 0 atom stereocenters. The number of nitrogens with zero attached hydrogens (tertiary/aromatic N) is 2. The summed E-state index contributed by atoms with van der Waals surface area (Å²) in [5.74, 6) is -0.710. The van der Waals surface area contributed by atoms with E-state index in [0.717, 1.165) is 0 Å². The Bertz CT molecular complexity index is 499. The number of rotatable bonds is 3. The van der Waals surface area contributed by atoms with Gasteiger partial charge in [-0.1, -0.05) is 6.07 Å². The molecule has 0 aromatic heterocycles. The van der Waals surface area contributed by atoms with E-state index in [1.807, 2.05) is 0 Å². The van der Waals surface area contributed by atoms with Crippen LogP contribution in [0.2, 0.25) is 0 Å². The van der Waals surface area contributed by atoms with E-state index in [2.05, 4.69) is 0 Å². The zero-order valence-electron chi connectivity index (χ0n) is 11.3. The molecule has 1 saturated heterocycles.